The molecule has 1 aromatic heterocycles. The first-order chi connectivity index (χ1) is 16.7. The largest absolute Gasteiger partial charge is 0.494 e. The molecule has 0 bridgehead atoms. The van der Waals surface area contributed by atoms with Gasteiger partial charge in [0.15, 0.2) is 0 Å². The fourth-order valence-electron chi connectivity index (χ4n) is 4.86. The molecule has 1 saturated heterocycles. The summed E-state index contributed by atoms with van der Waals surface area (Å²) in [5.74, 6) is 0. The lowest BCUT2D eigenvalue weighted by Gasteiger charge is -2.32. The summed E-state index contributed by atoms with van der Waals surface area (Å²) in [7, 11) is -0.399. The summed E-state index contributed by atoms with van der Waals surface area (Å²) in [6.45, 7) is 8.34. The van der Waals surface area contributed by atoms with Crippen molar-refractivity contribution in [3.8, 4) is 16.8 Å². The molecule has 6 rings (SSSR count). The topological polar surface area (TPSA) is 23.4 Å². The van der Waals surface area contributed by atoms with Gasteiger partial charge in [-0.05, 0) is 86.7 Å². The van der Waals surface area contributed by atoms with Crippen molar-refractivity contribution < 1.29 is 9.31 Å². The summed E-state index contributed by atoms with van der Waals surface area (Å²) >= 11 is 6.11. The molecule has 0 unspecified atom stereocenters. The molecule has 1 aliphatic heterocycles. The van der Waals surface area contributed by atoms with E-state index in [1.807, 2.05) is 12.1 Å². The minimum absolute atomic E-state index is 0.376. The maximum atomic E-state index is 6.33. The molecule has 0 spiro atoms. The quantitative estimate of drug-likeness (QED) is 0.252. The Morgan fingerprint density at radius 2 is 1.31 bits per heavy atom. The van der Waals surface area contributed by atoms with Crippen molar-refractivity contribution in [3.05, 3.63) is 96.0 Å². The zero-order valence-corrected chi connectivity index (χ0v) is 21.1. The zero-order valence-electron chi connectivity index (χ0n) is 20.4. The average Bonchev–Trinajstić information content (AvgIpc) is 3.29. The molecule has 0 N–H and O–H groups in total. The number of aromatic nitrogens is 1. The van der Waals surface area contributed by atoms with Crippen LogP contribution in [-0.2, 0) is 9.31 Å². The van der Waals surface area contributed by atoms with Crippen molar-refractivity contribution in [2.24, 2.45) is 0 Å². The van der Waals surface area contributed by atoms with Crippen molar-refractivity contribution in [1.82, 2.24) is 4.57 Å². The Labute approximate surface area is 211 Å². The van der Waals surface area contributed by atoms with E-state index in [4.69, 9.17) is 20.9 Å². The second-order valence-corrected chi connectivity index (χ2v) is 10.7. The second kappa shape index (κ2) is 7.99. The van der Waals surface area contributed by atoms with E-state index in [0.717, 1.165) is 27.3 Å². The van der Waals surface area contributed by atoms with E-state index >= 15 is 0 Å². The lowest BCUT2D eigenvalue weighted by atomic mass is 9.79. The first-order valence-corrected chi connectivity index (χ1v) is 12.4. The molecule has 5 aromatic rings. The van der Waals surface area contributed by atoms with Gasteiger partial charge in [0.05, 0.1) is 22.2 Å². The smallest absolute Gasteiger partial charge is 0.399 e. The predicted octanol–water partition coefficient (Wildman–Crippen LogP) is 7.40. The summed E-state index contributed by atoms with van der Waals surface area (Å²) in [4.78, 5) is 0. The van der Waals surface area contributed by atoms with Gasteiger partial charge < -0.3 is 13.9 Å². The van der Waals surface area contributed by atoms with Gasteiger partial charge in [0.2, 0.25) is 0 Å². The van der Waals surface area contributed by atoms with Crippen molar-refractivity contribution in [3.63, 3.8) is 0 Å². The number of rotatable bonds is 3. The first kappa shape index (κ1) is 22.4. The van der Waals surface area contributed by atoms with Crippen LogP contribution in [0.3, 0.4) is 0 Å². The third-order valence-electron chi connectivity index (χ3n) is 7.50. The molecule has 0 atom stereocenters. The number of fused-ring (bicyclic) bond motifs is 3. The van der Waals surface area contributed by atoms with Crippen LogP contribution in [0.1, 0.15) is 27.7 Å². The number of nitrogens with zero attached hydrogens (tertiary/aromatic N) is 1. The highest BCUT2D eigenvalue weighted by molar-refractivity contribution is 6.62. The molecule has 35 heavy (non-hydrogen) atoms. The van der Waals surface area contributed by atoms with Crippen LogP contribution in [0.15, 0.2) is 91.0 Å². The Morgan fingerprint density at radius 3 is 2.06 bits per heavy atom. The number of para-hydroxylation sites is 1. The third-order valence-corrected chi connectivity index (χ3v) is 7.76. The minimum atomic E-state index is -0.399. The maximum absolute atomic E-state index is 6.33. The van der Waals surface area contributed by atoms with Crippen molar-refractivity contribution in [2.75, 3.05) is 0 Å². The minimum Gasteiger partial charge on any atom is -0.399 e. The highest BCUT2D eigenvalue weighted by atomic mass is 35.5. The van der Waals surface area contributed by atoms with E-state index in [9.17, 15) is 0 Å². The van der Waals surface area contributed by atoms with E-state index < -0.39 is 7.12 Å². The van der Waals surface area contributed by atoms with Crippen LogP contribution in [0.2, 0.25) is 5.02 Å². The molecule has 0 aliphatic carbocycles. The van der Waals surface area contributed by atoms with Crippen molar-refractivity contribution >= 4 is 46.0 Å². The molecule has 174 valence electrons. The summed E-state index contributed by atoms with van der Waals surface area (Å²) in [6, 6.07) is 31.7. The van der Waals surface area contributed by atoms with Crippen LogP contribution in [0, 0.1) is 0 Å². The molecule has 4 aromatic carbocycles. The van der Waals surface area contributed by atoms with Gasteiger partial charge in [-0.15, -0.1) is 0 Å². The van der Waals surface area contributed by atoms with Gasteiger partial charge in [-0.1, -0.05) is 60.1 Å². The Hall–Kier alpha value is -3.05. The molecule has 0 radical (unpaired) electrons. The maximum Gasteiger partial charge on any atom is 0.494 e. The first-order valence-electron chi connectivity index (χ1n) is 12.0. The third kappa shape index (κ3) is 3.68. The molecule has 1 fully saturated rings. The zero-order chi connectivity index (χ0) is 24.4. The molecule has 2 heterocycles. The van der Waals surface area contributed by atoms with E-state index in [2.05, 4.69) is 111 Å². The van der Waals surface area contributed by atoms with E-state index in [0.29, 0.717) is 0 Å². The highest BCUT2D eigenvalue weighted by Gasteiger charge is 2.51. The summed E-state index contributed by atoms with van der Waals surface area (Å²) in [5, 5.41) is 3.18. The number of hydrogen-bond acceptors (Lipinski definition) is 2. The number of hydrogen-bond donors (Lipinski definition) is 0. The lowest BCUT2D eigenvalue weighted by Crippen LogP contribution is -2.41. The SMILES string of the molecule is CC1(C)OB(c2cccc(-n3c4ccccc4c4cc(-c5ccc(Cl)cc5)ccc43)c2)OC1(C)C. The summed E-state index contributed by atoms with van der Waals surface area (Å²) < 4.78 is 15.0. The molecule has 5 heteroatoms. The van der Waals surface area contributed by atoms with Crippen LogP contribution in [-0.4, -0.2) is 22.9 Å². The standard InChI is InChI=1S/C30H27BClNO2/c1-29(2)30(3,4)35-31(34-29)22-8-7-9-24(19-22)33-27-11-6-5-10-25(27)26-18-21(14-17-28(26)33)20-12-15-23(32)16-13-20/h5-19H,1-4H3. The average molecular weight is 480 g/mol. The molecular formula is C30H27BClNO2. The Morgan fingerprint density at radius 1 is 0.657 bits per heavy atom. The summed E-state index contributed by atoms with van der Waals surface area (Å²) in [5.41, 5.74) is 6.00. The van der Waals surface area contributed by atoms with Crippen LogP contribution in [0.4, 0.5) is 0 Å². The Kier molecular flexibility index (Phi) is 5.12. The van der Waals surface area contributed by atoms with Crippen LogP contribution >= 0.6 is 11.6 Å². The lowest BCUT2D eigenvalue weighted by molar-refractivity contribution is 0.00578. The molecule has 0 saturated carbocycles. The fourth-order valence-corrected chi connectivity index (χ4v) is 4.99. The second-order valence-electron chi connectivity index (χ2n) is 10.3. The van der Waals surface area contributed by atoms with Gasteiger partial charge in [0, 0.05) is 21.5 Å². The molecular weight excluding hydrogens is 453 g/mol. The van der Waals surface area contributed by atoms with Crippen molar-refractivity contribution in [2.45, 2.75) is 38.9 Å². The van der Waals surface area contributed by atoms with Gasteiger partial charge in [0.25, 0.3) is 0 Å². The Bertz CT molecular complexity index is 1550. The van der Waals surface area contributed by atoms with E-state index in [1.54, 1.807) is 0 Å². The molecule has 0 amide bonds. The van der Waals surface area contributed by atoms with Crippen LogP contribution in [0.25, 0.3) is 38.6 Å². The monoisotopic (exact) mass is 479 g/mol. The Balaban J connectivity index is 1.50. The fraction of sp³-hybridized carbons (Fsp3) is 0.200. The molecule has 1 aliphatic rings. The van der Waals surface area contributed by atoms with Crippen LogP contribution in [0.5, 0.6) is 0 Å². The van der Waals surface area contributed by atoms with Gasteiger partial charge in [-0.25, -0.2) is 0 Å². The van der Waals surface area contributed by atoms with Gasteiger partial charge in [-0.3, -0.25) is 0 Å². The highest BCUT2D eigenvalue weighted by Crippen LogP contribution is 2.37. The van der Waals surface area contributed by atoms with E-state index in [-0.39, 0.29) is 11.2 Å². The number of halogens is 1. The van der Waals surface area contributed by atoms with Crippen LogP contribution < -0.4 is 5.46 Å². The van der Waals surface area contributed by atoms with Crippen molar-refractivity contribution in [1.29, 1.82) is 0 Å². The normalized spacial score (nSPS) is 16.9. The van der Waals surface area contributed by atoms with E-state index in [1.165, 1.54) is 21.9 Å². The number of benzene rings is 4. The molecule has 3 nitrogen and oxygen atoms in total. The van der Waals surface area contributed by atoms with Gasteiger partial charge in [-0.2, -0.15) is 0 Å². The predicted molar refractivity (Wildman–Crippen MR) is 147 cm³/mol. The van der Waals surface area contributed by atoms with Gasteiger partial charge in [0.1, 0.15) is 0 Å². The van der Waals surface area contributed by atoms with Gasteiger partial charge >= 0.3 is 7.12 Å². The summed E-state index contributed by atoms with van der Waals surface area (Å²) in [6.07, 6.45) is 0.